The predicted octanol–water partition coefficient (Wildman–Crippen LogP) is 1.66. The van der Waals surface area contributed by atoms with Crippen molar-refractivity contribution in [3.05, 3.63) is 22.3 Å². The van der Waals surface area contributed by atoms with E-state index in [4.69, 9.17) is 5.73 Å². The molecule has 2 unspecified atom stereocenters. The molecule has 1 fully saturated rings. The number of aromatic nitrogens is 1. The van der Waals surface area contributed by atoms with Gasteiger partial charge in [0.15, 0.2) is 0 Å². The molecule has 1 aliphatic rings. The summed E-state index contributed by atoms with van der Waals surface area (Å²) in [4.78, 5) is 4.24. The second kappa shape index (κ2) is 3.27. The molecule has 1 saturated carbocycles. The van der Waals surface area contributed by atoms with E-state index >= 15 is 0 Å². The smallest absolute Gasteiger partial charge is 0.140 e. The summed E-state index contributed by atoms with van der Waals surface area (Å²) >= 11 is 3.49. The molecule has 3 N–H and O–H groups in total. The number of nitrogens with two attached hydrogens (primary N) is 1. The first-order valence-corrected chi connectivity index (χ1v) is 5.11. The van der Waals surface area contributed by atoms with Crippen LogP contribution in [0.2, 0.25) is 0 Å². The van der Waals surface area contributed by atoms with Gasteiger partial charge in [0.1, 0.15) is 5.82 Å². The van der Waals surface area contributed by atoms with Crippen molar-refractivity contribution in [2.24, 2.45) is 5.73 Å². The monoisotopic (exact) mass is 241 g/mol. The molecule has 0 bridgehead atoms. The number of hydrogen-bond acceptors (Lipinski definition) is 3. The van der Waals surface area contributed by atoms with Crippen molar-refractivity contribution in [3.63, 3.8) is 0 Å². The summed E-state index contributed by atoms with van der Waals surface area (Å²) < 4.78 is 1.04. The highest BCUT2D eigenvalue weighted by atomic mass is 79.9. The molecular formula is C9H12BrN3. The second-order valence-electron chi connectivity index (χ2n) is 3.44. The van der Waals surface area contributed by atoms with Crippen LogP contribution in [0.5, 0.6) is 0 Å². The lowest BCUT2D eigenvalue weighted by atomic mass is 10.3. The van der Waals surface area contributed by atoms with Crippen LogP contribution in [0, 0.1) is 6.92 Å². The van der Waals surface area contributed by atoms with Gasteiger partial charge in [-0.05, 0) is 40.9 Å². The first kappa shape index (κ1) is 8.97. The highest BCUT2D eigenvalue weighted by molar-refractivity contribution is 9.10. The number of pyridine rings is 1. The molecule has 3 nitrogen and oxygen atoms in total. The van der Waals surface area contributed by atoms with E-state index in [-0.39, 0.29) is 0 Å². The molecule has 13 heavy (non-hydrogen) atoms. The van der Waals surface area contributed by atoms with Crippen molar-refractivity contribution in [1.29, 1.82) is 0 Å². The topological polar surface area (TPSA) is 50.9 Å². The Labute approximate surface area is 85.9 Å². The van der Waals surface area contributed by atoms with Crippen LogP contribution in [0.3, 0.4) is 0 Å². The number of hydrogen-bond donors (Lipinski definition) is 2. The second-order valence-corrected chi connectivity index (χ2v) is 4.23. The van der Waals surface area contributed by atoms with Gasteiger partial charge in [0.25, 0.3) is 0 Å². The zero-order chi connectivity index (χ0) is 9.42. The van der Waals surface area contributed by atoms with Gasteiger partial charge in [0.2, 0.25) is 0 Å². The van der Waals surface area contributed by atoms with Crippen molar-refractivity contribution in [2.75, 3.05) is 5.32 Å². The number of anilines is 1. The zero-order valence-electron chi connectivity index (χ0n) is 7.42. The van der Waals surface area contributed by atoms with Gasteiger partial charge in [-0.15, -0.1) is 0 Å². The summed E-state index contributed by atoms with van der Waals surface area (Å²) in [6.07, 6.45) is 2.85. The molecule has 0 aliphatic heterocycles. The fourth-order valence-electron chi connectivity index (χ4n) is 1.20. The molecule has 0 spiro atoms. The van der Waals surface area contributed by atoms with E-state index in [0.29, 0.717) is 12.1 Å². The Morgan fingerprint density at radius 2 is 2.38 bits per heavy atom. The number of halogens is 1. The quantitative estimate of drug-likeness (QED) is 0.829. The summed E-state index contributed by atoms with van der Waals surface area (Å²) in [5.74, 6) is 0.901. The van der Waals surface area contributed by atoms with E-state index in [0.717, 1.165) is 16.7 Å². The van der Waals surface area contributed by atoms with Crippen molar-refractivity contribution < 1.29 is 0 Å². The van der Waals surface area contributed by atoms with Gasteiger partial charge in [-0.2, -0.15) is 0 Å². The molecule has 1 aromatic rings. The van der Waals surface area contributed by atoms with Crippen LogP contribution in [0.1, 0.15) is 12.0 Å². The fourth-order valence-corrected chi connectivity index (χ4v) is 1.55. The van der Waals surface area contributed by atoms with Crippen LogP contribution >= 0.6 is 15.9 Å². The standard InChI is InChI=1S/C9H12BrN3/c1-5-2-3-12-9(8(5)10)13-7-4-6(7)11/h2-3,6-7H,4,11H2,1H3,(H,12,13). The van der Waals surface area contributed by atoms with Crippen LogP contribution in [0.15, 0.2) is 16.7 Å². The van der Waals surface area contributed by atoms with Crippen LogP contribution in [0.25, 0.3) is 0 Å². The molecule has 2 atom stereocenters. The lowest BCUT2D eigenvalue weighted by Crippen LogP contribution is -2.14. The average molecular weight is 242 g/mol. The minimum Gasteiger partial charge on any atom is -0.365 e. The summed E-state index contributed by atoms with van der Waals surface area (Å²) in [6.45, 7) is 2.05. The molecular weight excluding hydrogens is 230 g/mol. The van der Waals surface area contributed by atoms with E-state index in [1.807, 2.05) is 13.0 Å². The third-order valence-corrected chi connectivity index (χ3v) is 3.25. The van der Waals surface area contributed by atoms with E-state index in [9.17, 15) is 0 Å². The van der Waals surface area contributed by atoms with Crippen molar-refractivity contribution in [2.45, 2.75) is 25.4 Å². The number of nitrogens with zero attached hydrogens (tertiary/aromatic N) is 1. The minimum absolute atomic E-state index is 0.300. The molecule has 2 rings (SSSR count). The SMILES string of the molecule is Cc1ccnc(NC2CC2N)c1Br. The van der Waals surface area contributed by atoms with Crippen LogP contribution in [-0.2, 0) is 0 Å². The lowest BCUT2D eigenvalue weighted by molar-refractivity contribution is 0.993. The highest BCUT2D eigenvalue weighted by Crippen LogP contribution is 2.28. The summed E-state index contributed by atoms with van der Waals surface area (Å²) in [5.41, 5.74) is 6.88. The normalized spacial score (nSPS) is 25.8. The predicted molar refractivity (Wildman–Crippen MR) is 56.7 cm³/mol. The maximum Gasteiger partial charge on any atom is 0.140 e. The van der Waals surface area contributed by atoms with E-state index in [1.165, 1.54) is 5.56 Å². The largest absolute Gasteiger partial charge is 0.365 e. The third-order valence-electron chi connectivity index (χ3n) is 2.24. The fraction of sp³-hybridized carbons (Fsp3) is 0.444. The Morgan fingerprint density at radius 3 is 3.00 bits per heavy atom. The van der Waals surface area contributed by atoms with E-state index in [2.05, 4.69) is 26.2 Å². The van der Waals surface area contributed by atoms with Crippen molar-refractivity contribution in [3.8, 4) is 0 Å². The number of rotatable bonds is 2. The highest BCUT2D eigenvalue weighted by Gasteiger charge is 2.33. The zero-order valence-corrected chi connectivity index (χ0v) is 9.01. The van der Waals surface area contributed by atoms with Gasteiger partial charge in [-0.25, -0.2) is 4.98 Å². The third kappa shape index (κ3) is 1.84. The summed E-state index contributed by atoms with van der Waals surface area (Å²) in [7, 11) is 0. The van der Waals surface area contributed by atoms with E-state index < -0.39 is 0 Å². The molecule has 1 aliphatic carbocycles. The Balaban J connectivity index is 2.15. The molecule has 1 aromatic heterocycles. The van der Waals surface area contributed by atoms with Crippen molar-refractivity contribution in [1.82, 2.24) is 4.98 Å². The maximum absolute atomic E-state index is 5.70. The van der Waals surface area contributed by atoms with Gasteiger partial charge in [0, 0.05) is 18.3 Å². The van der Waals surface area contributed by atoms with Crippen LogP contribution < -0.4 is 11.1 Å². The van der Waals surface area contributed by atoms with Crippen LogP contribution in [0.4, 0.5) is 5.82 Å². The molecule has 70 valence electrons. The number of aryl methyl sites for hydroxylation is 1. The minimum atomic E-state index is 0.300. The molecule has 1 heterocycles. The van der Waals surface area contributed by atoms with Crippen molar-refractivity contribution >= 4 is 21.7 Å². The van der Waals surface area contributed by atoms with Gasteiger partial charge in [-0.3, -0.25) is 0 Å². The Kier molecular flexibility index (Phi) is 2.26. The van der Waals surface area contributed by atoms with E-state index in [1.54, 1.807) is 6.20 Å². The Morgan fingerprint density at radius 1 is 1.69 bits per heavy atom. The Hall–Kier alpha value is -0.610. The van der Waals surface area contributed by atoms with Gasteiger partial charge >= 0.3 is 0 Å². The first-order valence-electron chi connectivity index (χ1n) is 4.31. The van der Waals surface area contributed by atoms with Gasteiger partial charge in [0.05, 0.1) is 4.47 Å². The van der Waals surface area contributed by atoms with Gasteiger partial charge < -0.3 is 11.1 Å². The van der Waals surface area contributed by atoms with Crippen LogP contribution in [-0.4, -0.2) is 17.1 Å². The lowest BCUT2D eigenvalue weighted by Gasteiger charge is -2.07. The molecule has 4 heteroatoms. The summed E-state index contributed by atoms with van der Waals surface area (Å²) in [6, 6.07) is 2.68. The average Bonchev–Trinajstić information content (AvgIpc) is 2.77. The summed E-state index contributed by atoms with van der Waals surface area (Å²) in [5, 5.41) is 3.29. The molecule has 0 amide bonds. The van der Waals surface area contributed by atoms with Gasteiger partial charge in [-0.1, -0.05) is 0 Å². The molecule has 0 saturated heterocycles. The number of nitrogens with one attached hydrogen (secondary N) is 1. The molecule has 0 radical (unpaired) electrons. The maximum atomic E-state index is 5.70. The Bertz CT molecular complexity index is 327. The first-order chi connectivity index (χ1) is 6.18. The molecule has 0 aromatic carbocycles.